The van der Waals surface area contributed by atoms with Crippen molar-refractivity contribution in [1.82, 2.24) is 0 Å². The summed E-state index contributed by atoms with van der Waals surface area (Å²) in [7, 11) is 0. The second kappa shape index (κ2) is 4.63. The Hall–Kier alpha value is -1.74. The van der Waals surface area contributed by atoms with Gasteiger partial charge in [0.15, 0.2) is 0 Å². The van der Waals surface area contributed by atoms with E-state index in [0.717, 1.165) is 11.3 Å². The zero-order chi connectivity index (χ0) is 12.4. The van der Waals surface area contributed by atoms with Crippen LogP contribution in [0.5, 0.6) is 0 Å². The summed E-state index contributed by atoms with van der Waals surface area (Å²) in [6, 6.07) is 9.97. The number of aryl methyl sites for hydroxylation is 1. The average molecular weight is 251 g/mol. The summed E-state index contributed by atoms with van der Waals surface area (Å²) in [5.74, 6) is -0.390. The summed E-state index contributed by atoms with van der Waals surface area (Å²) in [6.45, 7) is 1.91. The van der Waals surface area contributed by atoms with Crippen molar-refractivity contribution in [3.63, 3.8) is 0 Å². The number of hydrogen-bond donors (Lipinski definition) is 2. The molecule has 2 aromatic carbocycles. The summed E-state index contributed by atoms with van der Waals surface area (Å²) in [5, 5.41) is 3.30. The van der Waals surface area contributed by atoms with Crippen molar-refractivity contribution >= 4 is 28.7 Å². The Morgan fingerprint density at radius 1 is 1.24 bits per heavy atom. The van der Waals surface area contributed by atoms with E-state index in [1.54, 1.807) is 24.3 Å². The molecule has 2 aromatic rings. The molecular formula is C13H12ClFN2. The third kappa shape index (κ3) is 2.50. The molecular weight excluding hydrogens is 239 g/mol. The molecule has 17 heavy (non-hydrogen) atoms. The maximum atomic E-state index is 13.6. The van der Waals surface area contributed by atoms with Gasteiger partial charge in [0.1, 0.15) is 5.82 Å². The van der Waals surface area contributed by atoms with E-state index < -0.39 is 0 Å². The zero-order valence-electron chi connectivity index (χ0n) is 9.30. The average Bonchev–Trinajstić information content (AvgIpc) is 2.28. The first-order valence-corrected chi connectivity index (χ1v) is 5.53. The lowest BCUT2D eigenvalue weighted by Crippen LogP contribution is -1.98. The Balaban J connectivity index is 2.41. The maximum absolute atomic E-state index is 13.6. The van der Waals surface area contributed by atoms with Gasteiger partial charge in [-0.3, -0.25) is 0 Å². The number of rotatable bonds is 2. The predicted molar refractivity (Wildman–Crippen MR) is 70.3 cm³/mol. The van der Waals surface area contributed by atoms with Crippen molar-refractivity contribution in [2.75, 3.05) is 11.1 Å². The van der Waals surface area contributed by atoms with Crippen LogP contribution in [0.15, 0.2) is 36.4 Å². The molecule has 2 rings (SSSR count). The fraction of sp³-hybridized carbons (Fsp3) is 0.0769. The third-order valence-corrected chi connectivity index (χ3v) is 2.80. The van der Waals surface area contributed by atoms with Crippen LogP contribution in [-0.4, -0.2) is 0 Å². The fourth-order valence-corrected chi connectivity index (χ4v) is 1.74. The topological polar surface area (TPSA) is 38.0 Å². The minimum Gasteiger partial charge on any atom is -0.399 e. The van der Waals surface area contributed by atoms with E-state index in [2.05, 4.69) is 5.32 Å². The molecule has 88 valence electrons. The van der Waals surface area contributed by atoms with Crippen molar-refractivity contribution < 1.29 is 4.39 Å². The predicted octanol–water partition coefficient (Wildman–Crippen LogP) is 4.11. The molecule has 0 saturated heterocycles. The van der Waals surface area contributed by atoms with Crippen LogP contribution in [0.1, 0.15) is 5.56 Å². The first-order valence-electron chi connectivity index (χ1n) is 5.15. The summed E-state index contributed by atoms with van der Waals surface area (Å²) in [4.78, 5) is 0. The Bertz CT molecular complexity index is 535. The smallest absolute Gasteiger partial charge is 0.148 e. The molecule has 2 nitrogen and oxygen atoms in total. The highest BCUT2D eigenvalue weighted by Gasteiger charge is 2.08. The number of anilines is 3. The van der Waals surface area contributed by atoms with Crippen LogP contribution >= 0.6 is 11.6 Å². The molecule has 0 fully saturated rings. The first kappa shape index (κ1) is 11.7. The van der Waals surface area contributed by atoms with Gasteiger partial charge in [0.25, 0.3) is 0 Å². The van der Waals surface area contributed by atoms with Crippen LogP contribution in [-0.2, 0) is 0 Å². The monoisotopic (exact) mass is 250 g/mol. The van der Waals surface area contributed by atoms with Crippen LogP contribution in [0.3, 0.4) is 0 Å². The lowest BCUT2D eigenvalue weighted by molar-refractivity contribution is 0.632. The largest absolute Gasteiger partial charge is 0.399 e. The van der Waals surface area contributed by atoms with Crippen LogP contribution < -0.4 is 11.1 Å². The van der Waals surface area contributed by atoms with Gasteiger partial charge in [0.2, 0.25) is 0 Å². The molecule has 0 bridgehead atoms. The lowest BCUT2D eigenvalue weighted by Gasteiger charge is -2.12. The van der Waals surface area contributed by atoms with Gasteiger partial charge in [0.05, 0.1) is 10.7 Å². The lowest BCUT2D eigenvalue weighted by atomic mass is 10.1. The van der Waals surface area contributed by atoms with E-state index in [0.29, 0.717) is 10.7 Å². The van der Waals surface area contributed by atoms with Crippen LogP contribution in [0.2, 0.25) is 5.02 Å². The highest BCUT2D eigenvalue weighted by Crippen LogP contribution is 2.30. The molecule has 0 spiro atoms. The van der Waals surface area contributed by atoms with Gasteiger partial charge in [-0.2, -0.15) is 0 Å². The van der Waals surface area contributed by atoms with Crippen LogP contribution in [0.4, 0.5) is 21.5 Å². The molecule has 0 aromatic heterocycles. The van der Waals surface area contributed by atoms with Gasteiger partial charge in [-0.25, -0.2) is 4.39 Å². The molecule has 0 aliphatic heterocycles. The molecule has 0 aliphatic carbocycles. The summed E-state index contributed by atoms with van der Waals surface area (Å²) in [6.07, 6.45) is 0. The van der Waals surface area contributed by atoms with Gasteiger partial charge in [-0.05, 0) is 36.8 Å². The van der Waals surface area contributed by atoms with Gasteiger partial charge in [0, 0.05) is 11.4 Å². The number of nitrogens with two attached hydrogens (primary N) is 1. The van der Waals surface area contributed by atoms with E-state index in [1.807, 2.05) is 13.0 Å². The van der Waals surface area contributed by atoms with Gasteiger partial charge >= 0.3 is 0 Å². The van der Waals surface area contributed by atoms with Crippen molar-refractivity contribution in [1.29, 1.82) is 0 Å². The number of halogens is 2. The minimum absolute atomic E-state index is 0.267. The van der Waals surface area contributed by atoms with Gasteiger partial charge in [-0.15, -0.1) is 0 Å². The molecule has 0 unspecified atom stereocenters. The van der Waals surface area contributed by atoms with Crippen molar-refractivity contribution in [2.45, 2.75) is 6.92 Å². The van der Waals surface area contributed by atoms with E-state index in [9.17, 15) is 4.39 Å². The Labute approximate surface area is 104 Å². The van der Waals surface area contributed by atoms with Gasteiger partial charge < -0.3 is 11.1 Å². The Morgan fingerprint density at radius 2 is 2.00 bits per heavy atom. The van der Waals surface area contributed by atoms with Crippen LogP contribution in [0.25, 0.3) is 0 Å². The second-order valence-corrected chi connectivity index (χ2v) is 4.20. The second-order valence-electron chi connectivity index (χ2n) is 3.80. The molecule has 0 saturated carbocycles. The summed E-state index contributed by atoms with van der Waals surface area (Å²) >= 11 is 5.94. The summed E-state index contributed by atoms with van der Waals surface area (Å²) in [5.41, 5.74) is 8.29. The quantitative estimate of drug-likeness (QED) is 0.787. The molecule has 0 atom stereocenters. The van der Waals surface area contributed by atoms with E-state index in [4.69, 9.17) is 17.3 Å². The zero-order valence-corrected chi connectivity index (χ0v) is 10.1. The highest BCUT2D eigenvalue weighted by atomic mass is 35.5. The number of benzene rings is 2. The van der Waals surface area contributed by atoms with Crippen molar-refractivity contribution in [3.8, 4) is 0 Å². The number of hydrogen-bond acceptors (Lipinski definition) is 2. The number of nitrogens with one attached hydrogen (secondary N) is 1. The molecule has 0 amide bonds. The molecule has 0 aliphatic rings. The SMILES string of the molecule is Cc1ccc(N)cc1Nc1c(F)cccc1Cl. The van der Waals surface area contributed by atoms with E-state index in [1.165, 1.54) is 6.07 Å². The Morgan fingerprint density at radius 3 is 2.71 bits per heavy atom. The first-order chi connectivity index (χ1) is 8.08. The number of nitrogen functional groups attached to an aromatic ring is 1. The standard InChI is InChI=1S/C13H12ClFN2/c1-8-5-6-9(16)7-12(8)17-13-10(14)3-2-4-11(13)15/h2-7,17H,16H2,1H3. The van der Waals surface area contributed by atoms with Gasteiger partial charge in [-0.1, -0.05) is 23.7 Å². The van der Waals surface area contributed by atoms with Crippen molar-refractivity contribution in [3.05, 3.63) is 52.8 Å². The van der Waals surface area contributed by atoms with E-state index >= 15 is 0 Å². The normalized spacial score (nSPS) is 10.3. The molecule has 0 heterocycles. The van der Waals surface area contributed by atoms with E-state index in [-0.39, 0.29) is 11.5 Å². The van der Waals surface area contributed by atoms with Crippen molar-refractivity contribution in [2.24, 2.45) is 0 Å². The maximum Gasteiger partial charge on any atom is 0.148 e. The third-order valence-electron chi connectivity index (χ3n) is 2.48. The summed E-state index contributed by atoms with van der Waals surface area (Å²) < 4.78 is 13.6. The Kier molecular flexibility index (Phi) is 3.20. The number of para-hydroxylation sites is 1. The van der Waals surface area contributed by atoms with Crippen LogP contribution in [0, 0.1) is 12.7 Å². The molecule has 0 radical (unpaired) electrons. The minimum atomic E-state index is -0.390. The molecule has 4 heteroatoms. The highest BCUT2D eigenvalue weighted by molar-refractivity contribution is 6.33. The molecule has 3 N–H and O–H groups in total. The fourth-order valence-electron chi connectivity index (χ4n) is 1.53.